The maximum Gasteiger partial charge on any atom is 0.335 e. The van der Waals surface area contributed by atoms with Gasteiger partial charge in [0.05, 0.1) is 17.4 Å². The summed E-state index contributed by atoms with van der Waals surface area (Å²) in [5.41, 5.74) is 1.32. The second-order valence-corrected chi connectivity index (χ2v) is 6.64. The van der Waals surface area contributed by atoms with Gasteiger partial charge in [-0.05, 0) is 49.1 Å². The average Bonchev–Trinajstić information content (AvgIpc) is 3.20. The Hall–Kier alpha value is -2.93. The molecule has 0 aliphatic carbocycles. The molecule has 6 nitrogen and oxygen atoms in total. The summed E-state index contributed by atoms with van der Waals surface area (Å²) in [5, 5.41) is 11.6. The lowest BCUT2D eigenvalue weighted by molar-refractivity contribution is -0.116. The zero-order valence-corrected chi connectivity index (χ0v) is 15.3. The van der Waals surface area contributed by atoms with Crippen molar-refractivity contribution in [3.05, 3.63) is 59.4 Å². The van der Waals surface area contributed by atoms with Crippen molar-refractivity contribution in [3.63, 3.8) is 0 Å². The number of benzene rings is 2. The lowest BCUT2D eigenvalue weighted by atomic mass is 10.1. The second kappa shape index (κ2) is 9.32. The minimum Gasteiger partial charge on any atom is -0.489 e. The van der Waals surface area contributed by atoms with E-state index in [-0.39, 0.29) is 29.7 Å². The van der Waals surface area contributed by atoms with Gasteiger partial charge in [-0.15, -0.1) is 0 Å². The summed E-state index contributed by atoms with van der Waals surface area (Å²) in [6, 6.07) is 10.3. The molecule has 28 heavy (non-hydrogen) atoms. The summed E-state index contributed by atoms with van der Waals surface area (Å²) in [7, 11) is 0. The molecule has 1 aliphatic heterocycles. The number of hydrogen-bond acceptors (Lipinski definition) is 4. The van der Waals surface area contributed by atoms with E-state index in [0.717, 1.165) is 18.4 Å². The molecule has 2 aromatic rings. The molecular formula is C21H22FNO5. The van der Waals surface area contributed by atoms with Crippen molar-refractivity contribution in [2.75, 3.05) is 18.5 Å². The molecule has 0 saturated carbocycles. The van der Waals surface area contributed by atoms with Gasteiger partial charge in [-0.25, -0.2) is 9.18 Å². The number of carbonyl (C=O) groups excluding carboxylic acids is 1. The number of rotatable bonds is 8. The number of ether oxygens (including phenoxy) is 2. The number of aryl methyl sites for hydroxylation is 1. The van der Waals surface area contributed by atoms with Crippen molar-refractivity contribution < 1.29 is 28.6 Å². The number of anilines is 1. The van der Waals surface area contributed by atoms with Crippen LogP contribution in [0, 0.1) is 5.82 Å². The molecule has 1 saturated heterocycles. The standard InChI is InChI=1S/C21H22FNO5/c22-16-8-9-19(28-13-17-2-1-11-27-17)18(12-16)23-20(24)10-5-14-3-6-15(7-4-14)21(25)26/h3-4,6-9,12,17H,1-2,5,10-11,13H2,(H,23,24)(H,25,26). The number of halogens is 1. The third-order valence-electron chi connectivity index (χ3n) is 4.51. The van der Waals surface area contributed by atoms with Crippen LogP contribution < -0.4 is 10.1 Å². The molecule has 1 heterocycles. The van der Waals surface area contributed by atoms with E-state index in [9.17, 15) is 14.0 Å². The van der Waals surface area contributed by atoms with Crippen molar-refractivity contribution >= 4 is 17.6 Å². The number of aromatic carboxylic acids is 1. The predicted molar refractivity (Wildman–Crippen MR) is 101 cm³/mol. The molecule has 7 heteroatoms. The molecule has 1 fully saturated rings. The summed E-state index contributed by atoms with van der Waals surface area (Å²) in [4.78, 5) is 23.1. The Kier molecular flexibility index (Phi) is 6.60. The lowest BCUT2D eigenvalue weighted by Gasteiger charge is -2.15. The topological polar surface area (TPSA) is 84.9 Å². The summed E-state index contributed by atoms with van der Waals surface area (Å²) < 4.78 is 24.8. The largest absolute Gasteiger partial charge is 0.489 e. The number of carboxylic acid groups (broad SMARTS) is 1. The van der Waals surface area contributed by atoms with Gasteiger partial charge in [0.15, 0.2) is 0 Å². The van der Waals surface area contributed by atoms with Gasteiger partial charge >= 0.3 is 5.97 Å². The van der Waals surface area contributed by atoms with E-state index in [0.29, 0.717) is 25.4 Å². The Morgan fingerprint density at radius 2 is 2.00 bits per heavy atom. The SMILES string of the molecule is O=C(CCc1ccc(C(=O)O)cc1)Nc1cc(F)ccc1OCC1CCCO1. The van der Waals surface area contributed by atoms with Gasteiger partial charge in [-0.2, -0.15) is 0 Å². The van der Waals surface area contributed by atoms with E-state index >= 15 is 0 Å². The van der Waals surface area contributed by atoms with Crippen LogP contribution >= 0.6 is 0 Å². The average molecular weight is 387 g/mol. The summed E-state index contributed by atoms with van der Waals surface area (Å²) in [6.07, 6.45) is 2.54. The molecule has 1 aliphatic rings. The molecule has 0 radical (unpaired) electrons. The van der Waals surface area contributed by atoms with Gasteiger partial charge in [0.2, 0.25) is 5.91 Å². The third kappa shape index (κ3) is 5.53. The summed E-state index contributed by atoms with van der Waals surface area (Å²) >= 11 is 0. The van der Waals surface area contributed by atoms with Crippen LogP contribution in [0.5, 0.6) is 5.75 Å². The van der Waals surface area contributed by atoms with Crippen molar-refractivity contribution in [2.45, 2.75) is 31.8 Å². The number of hydrogen-bond donors (Lipinski definition) is 2. The zero-order valence-electron chi connectivity index (χ0n) is 15.3. The highest BCUT2D eigenvalue weighted by atomic mass is 19.1. The van der Waals surface area contributed by atoms with Crippen molar-refractivity contribution in [1.29, 1.82) is 0 Å². The van der Waals surface area contributed by atoms with Gasteiger partial charge in [-0.1, -0.05) is 12.1 Å². The molecule has 1 atom stereocenters. The van der Waals surface area contributed by atoms with Crippen LogP contribution in [0.2, 0.25) is 0 Å². The Bertz CT molecular complexity index is 831. The fourth-order valence-electron chi connectivity index (χ4n) is 2.97. The first-order valence-corrected chi connectivity index (χ1v) is 9.17. The Morgan fingerprint density at radius 3 is 2.68 bits per heavy atom. The van der Waals surface area contributed by atoms with E-state index in [1.807, 2.05) is 0 Å². The number of carbonyl (C=O) groups is 2. The fourth-order valence-corrected chi connectivity index (χ4v) is 2.97. The summed E-state index contributed by atoms with van der Waals surface area (Å²) in [6.45, 7) is 1.07. The van der Waals surface area contributed by atoms with Gasteiger partial charge in [-0.3, -0.25) is 4.79 Å². The Balaban J connectivity index is 1.56. The zero-order chi connectivity index (χ0) is 19.9. The Labute approximate surface area is 162 Å². The van der Waals surface area contributed by atoms with Crippen LogP contribution in [0.4, 0.5) is 10.1 Å². The van der Waals surface area contributed by atoms with Crippen molar-refractivity contribution in [3.8, 4) is 5.75 Å². The minimum absolute atomic E-state index is 0.0161. The molecule has 0 spiro atoms. The highest BCUT2D eigenvalue weighted by molar-refractivity contribution is 5.92. The van der Waals surface area contributed by atoms with E-state index in [1.54, 1.807) is 12.1 Å². The van der Waals surface area contributed by atoms with E-state index < -0.39 is 11.8 Å². The van der Waals surface area contributed by atoms with Gasteiger partial charge in [0.25, 0.3) is 0 Å². The van der Waals surface area contributed by atoms with Crippen molar-refractivity contribution in [2.24, 2.45) is 0 Å². The molecule has 0 bridgehead atoms. The van der Waals surface area contributed by atoms with Gasteiger partial charge < -0.3 is 19.9 Å². The minimum atomic E-state index is -0.995. The van der Waals surface area contributed by atoms with Crippen LogP contribution in [0.15, 0.2) is 42.5 Å². The predicted octanol–water partition coefficient (Wildman–Crippen LogP) is 3.65. The van der Waals surface area contributed by atoms with Crippen LogP contribution in [-0.4, -0.2) is 36.3 Å². The number of carboxylic acids is 1. The monoisotopic (exact) mass is 387 g/mol. The van der Waals surface area contributed by atoms with Crippen LogP contribution in [0.3, 0.4) is 0 Å². The highest BCUT2D eigenvalue weighted by Gasteiger charge is 2.17. The van der Waals surface area contributed by atoms with Crippen LogP contribution in [0.1, 0.15) is 35.2 Å². The van der Waals surface area contributed by atoms with Crippen molar-refractivity contribution in [1.82, 2.24) is 0 Å². The first kappa shape index (κ1) is 19.8. The first-order valence-electron chi connectivity index (χ1n) is 9.17. The Morgan fingerprint density at radius 1 is 1.21 bits per heavy atom. The van der Waals surface area contributed by atoms with E-state index in [1.165, 1.54) is 30.3 Å². The molecular weight excluding hydrogens is 365 g/mol. The maximum atomic E-state index is 13.6. The van der Waals surface area contributed by atoms with Gasteiger partial charge in [0.1, 0.15) is 18.2 Å². The lowest BCUT2D eigenvalue weighted by Crippen LogP contribution is -2.18. The molecule has 2 aromatic carbocycles. The molecule has 0 aromatic heterocycles. The quantitative estimate of drug-likeness (QED) is 0.722. The van der Waals surface area contributed by atoms with Crippen LogP contribution in [-0.2, 0) is 16.0 Å². The van der Waals surface area contributed by atoms with Crippen LogP contribution in [0.25, 0.3) is 0 Å². The molecule has 2 N–H and O–H groups in total. The van der Waals surface area contributed by atoms with Gasteiger partial charge in [0, 0.05) is 19.1 Å². The second-order valence-electron chi connectivity index (χ2n) is 6.64. The molecule has 3 rings (SSSR count). The molecule has 1 amide bonds. The van der Waals surface area contributed by atoms with E-state index in [4.69, 9.17) is 14.6 Å². The number of nitrogens with one attached hydrogen (secondary N) is 1. The summed E-state index contributed by atoms with van der Waals surface area (Å²) in [5.74, 6) is -1.35. The van der Waals surface area contributed by atoms with E-state index in [2.05, 4.69) is 5.32 Å². The molecule has 148 valence electrons. The number of amides is 1. The third-order valence-corrected chi connectivity index (χ3v) is 4.51. The maximum absolute atomic E-state index is 13.6. The molecule has 1 unspecified atom stereocenters. The first-order chi connectivity index (χ1) is 13.5. The smallest absolute Gasteiger partial charge is 0.335 e. The fraction of sp³-hybridized carbons (Fsp3) is 0.333. The highest BCUT2D eigenvalue weighted by Crippen LogP contribution is 2.27. The normalized spacial score (nSPS) is 16.0.